The molecule has 3 fully saturated rings. The van der Waals surface area contributed by atoms with Gasteiger partial charge < -0.3 is 9.15 Å². The van der Waals surface area contributed by atoms with Gasteiger partial charge in [-0.15, -0.1) is 0 Å². The number of rotatable bonds is 4. The van der Waals surface area contributed by atoms with Crippen LogP contribution in [0.2, 0.25) is 0 Å². The van der Waals surface area contributed by atoms with Crippen LogP contribution in [0, 0.1) is 17.8 Å². The van der Waals surface area contributed by atoms with E-state index < -0.39 is 0 Å². The third-order valence-electron chi connectivity index (χ3n) is 5.29. The van der Waals surface area contributed by atoms with Gasteiger partial charge in [-0.3, -0.25) is 14.5 Å². The predicted molar refractivity (Wildman–Crippen MR) is 82.2 cm³/mol. The molecule has 4 heterocycles. The number of carbonyl (C=O) groups excluding carboxylic acids is 1. The molecule has 4 rings (SSSR count). The Bertz CT molecular complexity index is 527. The molecular formula is C17H24N2O4. The predicted octanol–water partition coefficient (Wildman–Crippen LogP) is 1.53. The van der Waals surface area contributed by atoms with Crippen LogP contribution in [0.5, 0.6) is 0 Å². The van der Waals surface area contributed by atoms with Crippen molar-refractivity contribution in [1.29, 1.82) is 0 Å². The van der Waals surface area contributed by atoms with Crippen LogP contribution < -0.4 is 0 Å². The topological polar surface area (TPSA) is 55.2 Å². The first-order valence-electron chi connectivity index (χ1n) is 8.54. The van der Waals surface area contributed by atoms with Gasteiger partial charge in [0.15, 0.2) is 0 Å². The van der Waals surface area contributed by atoms with Gasteiger partial charge in [0.25, 0.3) is 0 Å². The van der Waals surface area contributed by atoms with Gasteiger partial charge in [-0.2, -0.15) is 0 Å². The highest BCUT2D eigenvalue weighted by Crippen LogP contribution is 2.36. The Balaban J connectivity index is 1.36. The summed E-state index contributed by atoms with van der Waals surface area (Å²) in [5.41, 5.74) is 1.21. The second kappa shape index (κ2) is 6.63. The van der Waals surface area contributed by atoms with Crippen LogP contribution in [0.1, 0.15) is 18.4 Å². The maximum Gasteiger partial charge on any atom is 0.246 e. The first-order valence-corrected chi connectivity index (χ1v) is 8.54. The highest BCUT2D eigenvalue weighted by molar-refractivity contribution is 5.75. The van der Waals surface area contributed by atoms with E-state index in [9.17, 15) is 4.79 Å². The summed E-state index contributed by atoms with van der Waals surface area (Å²) < 4.78 is 10.9. The molecule has 1 aromatic heterocycles. The highest BCUT2D eigenvalue weighted by atomic mass is 16.7. The van der Waals surface area contributed by atoms with Gasteiger partial charge in [-0.25, -0.2) is 5.06 Å². The van der Waals surface area contributed by atoms with Crippen LogP contribution in [0.4, 0.5) is 0 Å². The molecule has 1 aromatic rings. The molecule has 0 saturated carbocycles. The van der Waals surface area contributed by atoms with Crippen molar-refractivity contribution in [1.82, 2.24) is 9.96 Å². The number of hydrogen-bond donors (Lipinski definition) is 0. The first kappa shape index (κ1) is 15.2. The number of nitrogens with zero attached hydrogens (tertiary/aromatic N) is 2. The molecule has 3 aliphatic heterocycles. The standard InChI is InChI=1S/C17H24N2O4/c20-17(19-3-1-4-23-19)6-14-11-22-12-15-8-18(9-16(14)15)7-13-2-5-21-10-13/h2,5,10,14-16H,1,3-4,6-9,11-12H2/t14-,15-,16+/m1/s1. The summed E-state index contributed by atoms with van der Waals surface area (Å²) in [5, 5.41) is 1.54. The van der Waals surface area contributed by atoms with Crippen LogP contribution >= 0.6 is 0 Å². The van der Waals surface area contributed by atoms with Crippen LogP contribution in [0.15, 0.2) is 23.0 Å². The molecule has 0 aliphatic carbocycles. The van der Waals surface area contributed by atoms with Crippen molar-refractivity contribution in [2.24, 2.45) is 17.8 Å². The summed E-state index contributed by atoms with van der Waals surface area (Å²) in [6, 6.07) is 2.02. The molecule has 3 saturated heterocycles. The quantitative estimate of drug-likeness (QED) is 0.842. The lowest BCUT2D eigenvalue weighted by Gasteiger charge is -2.33. The number of likely N-dealkylation sites (tertiary alicyclic amines) is 1. The van der Waals surface area contributed by atoms with Gasteiger partial charge >= 0.3 is 0 Å². The minimum Gasteiger partial charge on any atom is -0.472 e. The Morgan fingerprint density at radius 1 is 1.30 bits per heavy atom. The summed E-state index contributed by atoms with van der Waals surface area (Å²) in [5.74, 6) is 1.50. The van der Waals surface area contributed by atoms with Crippen LogP contribution in [-0.2, 0) is 20.9 Å². The summed E-state index contributed by atoms with van der Waals surface area (Å²) >= 11 is 0. The molecule has 6 nitrogen and oxygen atoms in total. The molecule has 3 atom stereocenters. The average Bonchev–Trinajstić information content (AvgIpc) is 3.29. The summed E-state index contributed by atoms with van der Waals surface area (Å²) in [6.45, 7) is 5.90. The van der Waals surface area contributed by atoms with Crippen molar-refractivity contribution in [2.45, 2.75) is 19.4 Å². The van der Waals surface area contributed by atoms with Gasteiger partial charge in [0, 0.05) is 31.6 Å². The van der Waals surface area contributed by atoms with E-state index in [1.54, 1.807) is 11.3 Å². The lowest BCUT2D eigenvalue weighted by molar-refractivity contribution is -0.171. The van der Waals surface area contributed by atoms with Crippen molar-refractivity contribution >= 4 is 5.91 Å². The van der Waals surface area contributed by atoms with Gasteiger partial charge in [0.1, 0.15) is 0 Å². The minimum atomic E-state index is 0.116. The highest BCUT2D eigenvalue weighted by Gasteiger charge is 2.42. The summed E-state index contributed by atoms with van der Waals surface area (Å²) in [7, 11) is 0. The van der Waals surface area contributed by atoms with Crippen molar-refractivity contribution in [3.8, 4) is 0 Å². The molecule has 6 heteroatoms. The van der Waals surface area contributed by atoms with Gasteiger partial charge in [0.05, 0.1) is 38.9 Å². The molecule has 0 aromatic carbocycles. The Morgan fingerprint density at radius 3 is 3.04 bits per heavy atom. The zero-order valence-corrected chi connectivity index (χ0v) is 13.4. The third-order valence-corrected chi connectivity index (χ3v) is 5.29. The van der Waals surface area contributed by atoms with Crippen LogP contribution in [0.25, 0.3) is 0 Å². The molecule has 3 aliphatic rings. The van der Waals surface area contributed by atoms with E-state index in [1.807, 2.05) is 12.3 Å². The third kappa shape index (κ3) is 3.29. The lowest BCUT2D eigenvalue weighted by atomic mass is 9.81. The molecule has 1 amide bonds. The van der Waals surface area contributed by atoms with Crippen LogP contribution in [-0.4, -0.2) is 55.3 Å². The smallest absolute Gasteiger partial charge is 0.246 e. The van der Waals surface area contributed by atoms with Crippen molar-refractivity contribution < 1.29 is 18.8 Å². The number of carbonyl (C=O) groups is 1. The van der Waals surface area contributed by atoms with Crippen LogP contribution in [0.3, 0.4) is 0 Å². The second-order valence-electron chi connectivity index (χ2n) is 6.93. The monoisotopic (exact) mass is 320 g/mol. The molecule has 23 heavy (non-hydrogen) atoms. The number of amides is 1. The summed E-state index contributed by atoms with van der Waals surface area (Å²) in [6.07, 6.45) is 5.02. The minimum absolute atomic E-state index is 0.116. The largest absolute Gasteiger partial charge is 0.472 e. The number of hydrogen-bond acceptors (Lipinski definition) is 5. The second-order valence-corrected chi connectivity index (χ2v) is 6.93. The van der Waals surface area contributed by atoms with E-state index in [-0.39, 0.29) is 5.91 Å². The Labute approximate surface area is 136 Å². The fraction of sp³-hybridized carbons (Fsp3) is 0.706. The van der Waals surface area contributed by atoms with E-state index >= 15 is 0 Å². The maximum absolute atomic E-state index is 12.4. The Hall–Kier alpha value is -1.37. The summed E-state index contributed by atoms with van der Waals surface area (Å²) in [4.78, 5) is 20.2. The molecule has 126 valence electrons. The molecular weight excluding hydrogens is 296 g/mol. The number of fused-ring (bicyclic) bond motifs is 1. The fourth-order valence-electron chi connectivity index (χ4n) is 4.14. The first-order chi connectivity index (χ1) is 11.3. The zero-order chi connectivity index (χ0) is 15.6. The number of ether oxygens (including phenoxy) is 1. The Morgan fingerprint density at radius 2 is 2.26 bits per heavy atom. The van der Waals surface area contributed by atoms with Crippen molar-refractivity contribution in [2.75, 3.05) is 39.5 Å². The van der Waals surface area contributed by atoms with E-state index in [1.165, 1.54) is 5.56 Å². The van der Waals surface area contributed by atoms with Crippen molar-refractivity contribution in [3.63, 3.8) is 0 Å². The lowest BCUT2D eigenvalue weighted by Crippen LogP contribution is -2.38. The van der Waals surface area contributed by atoms with Crippen molar-refractivity contribution in [3.05, 3.63) is 24.2 Å². The van der Waals surface area contributed by atoms with Gasteiger partial charge in [0.2, 0.25) is 5.91 Å². The van der Waals surface area contributed by atoms with Gasteiger partial charge in [-0.1, -0.05) is 0 Å². The SMILES string of the molecule is O=C(C[C@@H]1COC[C@H]2CN(Cc3ccoc3)C[C@@H]12)N1CCCO1. The molecule has 0 spiro atoms. The van der Waals surface area contributed by atoms with Gasteiger partial charge in [-0.05, 0) is 30.2 Å². The molecule has 0 N–H and O–H groups in total. The molecule has 0 bridgehead atoms. The Kier molecular flexibility index (Phi) is 4.37. The average molecular weight is 320 g/mol. The normalized spacial score (nSPS) is 31.5. The number of furan rings is 1. The van der Waals surface area contributed by atoms with E-state index in [2.05, 4.69) is 4.90 Å². The van der Waals surface area contributed by atoms with E-state index in [0.717, 1.165) is 39.2 Å². The zero-order valence-electron chi connectivity index (χ0n) is 13.4. The fourth-order valence-corrected chi connectivity index (χ4v) is 4.14. The molecule has 0 radical (unpaired) electrons. The van der Waals surface area contributed by atoms with E-state index in [0.29, 0.717) is 37.4 Å². The maximum atomic E-state index is 12.4. The van der Waals surface area contributed by atoms with E-state index in [4.69, 9.17) is 14.0 Å². The molecule has 0 unspecified atom stereocenters. The number of hydroxylamine groups is 2.